The van der Waals surface area contributed by atoms with Gasteiger partial charge in [-0.2, -0.15) is 0 Å². The summed E-state index contributed by atoms with van der Waals surface area (Å²) in [6, 6.07) is 8.73. The molecule has 2 aromatic carbocycles. The van der Waals surface area contributed by atoms with E-state index in [1.807, 2.05) is 11.9 Å². The van der Waals surface area contributed by atoms with Crippen LogP contribution in [0.5, 0.6) is 5.75 Å². The predicted molar refractivity (Wildman–Crippen MR) is 141 cm³/mol. The number of fused-ring (bicyclic) bond motifs is 1. The predicted octanol–water partition coefficient (Wildman–Crippen LogP) is -0.241. The number of piperazine rings is 1. The van der Waals surface area contributed by atoms with Gasteiger partial charge < -0.3 is 49.4 Å². The number of carboxylic acid groups (broad SMARTS) is 1. The molecule has 3 heterocycles. The third-order valence-electron chi connectivity index (χ3n) is 7.36. The molecule has 2 fully saturated rings. The second kappa shape index (κ2) is 11.1. The summed E-state index contributed by atoms with van der Waals surface area (Å²) in [7, 11) is 1.98. The third kappa shape index (κ3) is 5.14. The van der Waals surface area contributed by atoms with Gasteiger partial charge in [0.05, 0.1) is 17.8 Å². The van der Waals surface area contributed by atoms with Crippen LogP contribution in [-0.2, 0) is 4.74 Å². The first-order chi connectivity index (χ1) is 19.1. The normalized spacial score (nSPS) is 25.8. The first kappa shape index (κ1) is 28.0. The molecular weight excluding hydrogens is 529 g/mol. The zero-order valence-corrected chi connectivity index (χ0v) is 21.6. The van der Waals surface area contributed by atoms with Crippen LogP contribution in [0.2, 0.25) is 0 Å². The number of pyridine rings is 1. The number of likely N-dealkylation sites (N-methyl/N-ethyl adjacent to an activating group) is 1. The lowest BCUT2D eigenvalue weighted by Gasteiger charge is -2.39. The number of hydrogen-bond donors (Lipinski definition) is 5. The second-order valence-corrected chi connectivity index (χ2v) is 9.97. The highest BCUT2D eigenvalue weighted by Gasteiger charge is 2.44. The number of aromatic nitrogens is 1. The molecule has 1 aromatic heterocycles. The Morgan fingerprint density at radius 1 is 1.05 bits per heavy atom. The molecule has 5 N–H and O–H groups in total. The van der Waals surface area contributed by atoms with Crippen molar-refractivity contribution in [1.82, 2.24) is 9.47 Å². The van der Waals surface area contributed by atoms with Gasteiger partial charge in [-0.05, 0) is 43.4 Å². The molecule has 214 valence electrons. The molecule has 5 rings (SSSR count). The maximum Gasteiger partial charge on any atom is 0.341 e. The maximum atomic E-state index is 15.2. The van der Waals surface area contributed by atoms with Crippen molar-refractivity contribution in [2.45, 2.75) is 30.7 Å². The summed E-state index contributed by atoms with van der Waals surface area (Å²) in [5, 5.41) is 49.1. The van der Waals surface area contributed by atoms with Crippen LogP contribution < -0.4 is 15.1 Å². The average molecular weight is 560 g/mol. The van der Waals surface area contributed by atoms with Gasteiger partial charge in [0.1, 0.15) is 41.5 Å². The quantitative estimate of drug-likeness (QED) is 0.271. The standard InChI is InChI=1S/C27H30FN3O9/c1-29-6-8-30(9-7-29)20-11-19-16(10-18(20)28)22(33)17(26(37)38)12-31(19)14-2-4-15(5-3-14)39-27-25(36)24(35)23(34)21(13-32)40-27/h2-5,10-12,21,23-25,27,32,34-36H,6-9,13H2,1H3,(H,37,38)/t21-,23-,24+,25-,27-/m1/s1. The Hall–Kier alpha value is -3.59. The third-order valence-corrected chi connectivity index (χ3v) is 7.36. The van der Waals surface area contributed by atoms with E-state index in [4.69, 9.17) is 9.47 Å². The molecule has 0 amide bonds. The van der Waals surface area contributed by atoms with Crippen LogP contribution in [-0.4, -0.2) is 112 Å². The first-order valence-corrected chi connectivity index (χ1v) is 12.7. The highest BCUT2D eigenvalue weighted by Crippen LogP contribution is 2.29. The number of benzene rings is 2. The lowest BCUT2D eigenvalue weighted by atomic mass is 9.99. The fourth-order valence-electron chi connectivity index (χ4n) is 4.97. The number of nitrogens with zero attached hydrogens (tertiary/aromatic N) is 3. The van der Waals surface area contributed by atoms with Gasteiger partial charge >= 0.3 is 5.97 Å². The topological polar surface area (TPSA) is 165 Å². The van der Waals surface area contributed by atoms with E-state index < -0.39 is 60.1 Å². The molecule has 0 saturated carbocycles. The van der Waals surface area contributed by atoms with Gasteiger partial charge in [0.2, 0.25) is 11.7 Å². The minimum atomic E-state index is -1.60. The zero-order chi connectivity index (χ0) is 28.7. The molecule has 40 heavy (non-hydrogen) atoms. The SMILES string of the molecule is CN1CCN(c2cc3c(cc2F)c(=O)c(C(=O)O)cn3-c2ccc(O[C@@H]3O[C@H](CO)[C@@H](O)[C@H](O)[C@H]3O)cc2)CC1. The molecule has 3 aromatic rings. The lowest BCUT2D eigenvalue weighted by molar-refractivity contribution is -0.277. The Morgan fingerprint density at radius 2 is 1.73 bits per heavy atom. The second-order valence-electron chi connectivity index (χ2n) is 9.97. The number of aliphatic hydroxyl groups is 4. The highest BCUT2D eigenvalue weighted by atomic mass is 19.1. The van der Waals surface area contributed by atoms with Crippen molar-refractivity contribution < 1.29 is 44.2 Å². The Kier molecular flexibility index (Phi) is 7.77. The Bertz CT molecular complexity index is 1450. The Labute approximate surface area is 227 Å². The number of halogens is 1. The summed E-state index contributed by atoms with van der Waals surface area (Å²) < 4.78 is 27.7. The highest BCUT2D eigenvalue weighted by molar-refractivity contribution is 5.94. The molecule has 5 atom stereocenters. The molecular formula is C27H30FN3O9. The van der Waals surface area contributed by atoms with E-state index in [1.54, 1.807) is 18.2 Å². The largest absolute Gasteiger partial charge is 0.477 e. The zero-order valence-electron chi connectivity index (χ0n) is 21.6. The van der Waals surface area contributed by atoms with Crippen molar-refractivity contribution in [1.29, 1.82) is 0 Å². The maximum absolute atomic E-state index is 15.2. The average Bonchev–Trinajstić information content (AvgIpc) is 2.94. The molecule has 0 aliphatic carbocycles. The first-order valence-electron chi connectivity index (χ1n) is 12.7. The fraction of sp³-hybridized carbons (Fsp3) is 0.407. The van der Waals surface area contributed by atoms with E-state index in [-0.39, 0.29) is 11.1 Å². The van der Waals surface area contributed by atoms with Gasteiger partial charge in [-0.25, -0.2) is 9.18 Å². The summed E-state index contributed by atoms with van der Waals surface area (Å²) in [6.07, 6.45) is -6.07. The van der Waals surface area contributed by atoms with Crippen molar-refractivity contribution >= 4 is 22.6 Å². The smallest absolute Gasteiger partial charge is 0.341 e. The summed E-state index contributed by atoms with van der Waals surface area (Å²) >= 11 is 0. The Morgan fingerprint density at radius 3 is 2.35 bits per heavy atom. The molecule has 0 spiro atoms. The van der Waals surface area contributed by atoms with Crippen LogP contribution in [0.15, 0.2) is 47.4 Å². The monoisotopic (exact) mass is 559 g/mol. The van der Waals surface area contributed by atoms with Gasteiger partial charge in [0.25, 0.3) is 0 Å². The van der Waals surface area contributed by atoms with Crippen LogP contribution in [0.3, 0.4) is 0 Å². The minimum absolute atomic E-state index is 0.0862. The van der Waals surface area contributed by atoms with E-state index >= 15 is 4.39 Å². The van der Waals surface area contributed by atoms with Gasteiger partial charge in [0.15, 0.2) is 0 Å². The van der Waals surface area contributed by atoms with Crippen molar-refractivity contribution in [3.63, 3.8) is 0 Å². The molecule has 0 bridgehead atoms. The van der Waals surface area contributed by atoms with Crippen LogP contribution >= 0.6 is 0 Å². The molecule has 2 saturated heterocycles. The summed E-state index contributed by atoms with van der Waals surface area (Å²) in [5.41, 5.74) is -0.275. The van der Waals surface area contributed by atoms with Crippen LogP contribution in [0.1, 0.15) is 10.4 Å². The molecule has 13 heteroatoms. The number of carbonyl (C=O) groups is 1. The number of anilines is 1. The van der Waals surface area contributed by atoms with Gasteiger partial charge in [0, 0.05) is 43.4 Å². The van der Waals surface area contributed by atoms with Crippen molar-refractivity contribution in [3.05, 3.63) is 64.2 Å². The number of rotatable bonds is 6. The van der Waals surface area contributed by atoms with E-state index in [0.717, 1.165) is 19.2 Å². The molecule has 2 aliphatic heterocycles. The summed E-state index contributed by atoms with van der Waals surface area (Å²) in [5.74, 6) is -1.88. The van der Waals surface area contributed by atoms with Crippen molar-refractivity contribution in [2.24, 2.45) is 0 Å². The van der Waals surface area contributed by atoms with E-state index in [0.29, 0.717) is 30.0 Å². The van der Waals surface area contributed by atoms with Crippen LogP contribution in [0, 0.1) is 5.82 Å². The number of aromatic carboxylic acids is 1. The van der Waals surface area contributed by atoms with Gasteiger partial charge in [-0.15, -0.1) is 0 Å². The fourth-order valence-corrected chi connectivity index (χ4v) is 4.97. The van der Waals surface area contributed by atoms with Gasteiger partial charge in [-0.3, -0.25) is 4.79 Å². The van der Waals surface area contributed by atoms with Crippen molar-refractivity contribution in [2.75, 3.05) is 44.7 Å². The molecule has 12 nitrogen and oxygen atoms in total. The van der Waals surface area contributed by atoms with Crippen LogP contribution in [0.4, 0.5) is 10.1 Å². The number of carboxylic acids is 1. The van der Waals surface area contributed by atoms with E-state index in [1.165, 1.54) is 22.9 Å². The molecule has 2 aliphatic rings. The molecule has 0 unspecified atom stereocenters. The van der Waals surface area contributed by atoms with Gasteiger partial charge in [-0.1, -0.05) is 0 Å². The summed E-state index contributed by atoms with van der Waals surface area (Å²) in [4.78, 5) is 28.8. The number of ether oxygens (including phenoxy) is 2. The Balaban J connectivity index is 1.52. The lowest BCUT2D eigenvalue weighted by Crippen LogP contribution is -2.60. The molecule has 0 radical (unpaired) electrons. The van der Waals surface area contributed by atoms with Crippen LogP contribution in [0.25, 0.3) is 16.6 Å². The number of hydrogen-bond acceptors (Lipinski definition) is 10. The van der Waals surface area contributed by atoms with E-state index in [9.17, 15) is 35.1 Å². The minimum Gasteiger partial charge on any atom is -0.477 e. The summed E-state index contributed by atoms with van der Waals surface area (Å²) in [6.45, 7) is 2.03. The van der Waals surface area contributed by atoms with E-state index in [2.05, 4.69) is 4.90 Å². The van der Waals surface area contributed by atoms with Crippen molar-refractivity contribution in [3.8, 4) is 11.4 Å². The number of aliphatic hydroxyl groups excluding tert-OH is 4.